The number of anilines is 2. The highest BCUT2D eigenvalue weighted by Gasteiger charge is 2.42. The van der Waals surface area contributed by atoms with E-state index in [9.17, 15) is 0 Å². The fraction of sp³-hybridized carbons (Fsp3) is 0.765. The number of aromatic nitrogens is 2. The van der Waals surface area contributed by atoms with Gasteiger partial charge in [-0.25, -0.2) is 4.98 Å². The monoisotopic (exact) mass is 301 g/mol. The van der Waals surface area contributed by atoms with Crippen LogP contribution in [0, 0.1) is 11.8 Å². The van der Waals surface area contributed by atoms with Crippen molar-refractivity contribution in [2.75, 3.05) is 37.0 Å². The Morgan fingerprint density at radius 1 is 1.09 bits per heavy atom. The van der Waals surface area contributed by atoms with Gasteiger partial charge in [0.05, 0.1) is 5.69 Å². The van der Waals surface area contributed by atoms with Gasteiger partial charge in [-0.3, -0.25) is 0 Å². The average molecular weight is 301 g/mol. The number of hydrogen-bond donors (Lipinski definition) is 1. The van der Waals surface area contributed by atoms with Gasteiger partial charge < -0.3 is 15.5 Å². The van der Waals surface area contributed by atoms with Gasteiger partial charge in [-0.1, -0.05) is 0 Å². The molecule has 2 atom stereocenters. The quantitative estimate of drug-likeness (QED) is 0.919. The van der Waals surface area contributed by atoms with Gasteiger partial charge in [-0.05, 0) is 50.4 Å². The van der Waals surface area contributed by atoms with Gasteiger partial charge in [0.2, 0.25) is 5.95 Å². The molecule has 0 aromatic carbocycles. The van der Waals surface area contributed by atoms with E-state index < -0.39 is 0 Å². The topological polar surface area (TPSA) is 58.3 Å². The second kappa shape index (κ2) is 5.37. The molecular formula is C17H27N5. The predicted molar refractivity (Wildman–Crippen MR) is 89.4 cm³/mol. The summed E-state index contributed by atoms with van der Waals surface area (Å²) in [5.74, 6) is 3.55. The molecule has 1 aromatic rings. The Morgan fingerprint density at radius 3 is 2.59 bits per heavy atom. The third kappa shape index (κ3) is 2.45. The van der Waals surface area contributed by atoms with Crippen LogP contribution in [0.3, 0.4) is 0 Å². The first-order valence-electron chi connectivity index (χ1n) is 8.71. The molecule has 0 unspecified atom stereocenters. The molecule has 5 heteroatoms. The summed E-state index contributed by atoms with van der Waals surface area (Å²) < 4.78 is 0. The van der Waals surface area contributed by atoms with Gasteiger partial charge in [0.25, 0.3) is 0 Å². The van der Waals surface area contributed by atoms with Crippen LogP contribution in [0.5, 0.6) is 0 Å². The van der Waals surface area contributed by atoms with E-state index in [2.05, 4.69) is 4.90 Å². The number of nitrogens with two attached hydrogens (primary N) is 1. The summed E-state index contributed by atoms with van der Waals surface area (Å²) in [4.78, 5) is 14.2. The Morgan fingerprint density at radius 2 is 1.86 bits per heavy atom. The maximum absolute atomic E-state index is 6.43. The van der Waals surface area contributed by atoms with Gasteiger partial charge in [0.15, 0.2) is 0 Å². The first kappa shape index (κ1) is 14.2. The van der Waals surface area contributed by atoms with Gasteiger partial charge in [-0.2, -0.15) is 4.98 Å². The van der Waals surface area contributed by atoms with Gasteiger partial charge in [-0.15, -0.1) is 0 Å². The van der Waals surface area contributed by atoms with Crippen LogP contribution in [0.1, 0.15) is 36.9 Å². The molecule has 2 N–H and O–H groups in total. The van der Waals surface area contributed by atoms with Crippen LogP contribution in [-0.2, 0) is 12.8 Å². The first-order chi connectivity index (χ1) is 10.6. The standard InChI is InChI=1S/C17H27N5/c1-21(2)17-19-15-6-4-3-5-12(15)16(20-17)22-9-13(11-7-8-11)14(18)10-22/h11,13-14H,3-10,18H2,1-2H3/t13-,14+/m1/s1. The molecule has 0 radical (unpaired) electrons. The summed E-state index contributed by atoms with van der Waals surface area (Å²) >= 11 is 0. The maximum atomic E-state index is 6.43. The van der Waals surface area contributed by atoms with Crippen LogP contribution in [0.4, 0.5) is 11.8 Å². The summed E-state index contributed by atoms with van der Waals surface area (Å²) in [6.45, 7) is 2.04. The van der Waals surface area contributed by atoms with E-state index in [0.29, 0.717) is 12.0 Å². The molecule has 0 bridgehead atoms. The van der Waals surface area contributed by atoms with Gasteiger partial charge in [0, 0.05) is 38.8 Å². The van der Waals surface area contributed by atoms with E-state index in [-0.39, 0.29) is 0 Å². The summed E-state index contributed by atoms with van der Waals surface area (Å²) in [5.41, 5.74) is 9.08. The zero-order valence-corrected chi connectivity index (χ0v) is 13.8. The average Bonchev–Trinajstić information content (AvgIpc) is 3.28. The highest BCUT2D eigenvalue weighted by atomic mass is 15.3. The molecule has 22 heavy (non-hydrogen) atoms. The number of rotatable bonds is 3. The molecule has 1 aromatic heterocycles. The van der Waals surface area contributed by atoms with E-state index in [4.69, 9.17) is 15.7 Å². The van der Waals surface area contributed by atoms with Crippen molar-refractivity contribution in [3.63, 3.8) is 0 Å². The normalized spacial score (nSPS) is 27.9. The number of aryl methyl sites for hydroxylation is 1. The Bertz CT molecular complexity index is 566. The molecule has 120 valence electrons. The molecule has 3 aliphatic rings. The maximum Gasteiger partial charge on any atom is 0.227 e. The molecular weight excluding hydrogens is 274 g/mol. The fourth-order valence-electron chi connectivity index (χ4n) is 4.07. The van der Waals surface area contributed by atoms with Crippen LogP contribution in [0.2, 0.25) is 0 Å². The van der Waals surface area contributed by atoms with E-state index in [1.54, 1.807) is 0 Å². The minimum atomic E-state index is 0.310. The number of fused-ring (bicyclic) bond motifs is 1. The first-order valence-corrected chi connectivity index (χ1v) is 8.71. The third-order valence-corrected chi connectivity index (χ3v) is 5.49. The minimum absolute atomic E-state index is 0.310. The van der Waals surface area contributed by atoms with Crippen LogP contribution < -0.4 is 15.5 Å². The highest BCUT2D eigenvalue weighted by molar-refractivity contribution is 5.55. The second-order valence-corrected chi connectivity index (χ2v) is 7.44. The van der Waals surface area contributed by atoms with Crippen molar-refractivity contribution in [3.8, 4) is 0 Å². The molecule has 0 spiro atoms. The zero-order valence-electron chi connectivity index (χ0n) is 13.8. The van der Waals surface area contributed by atoms with E-state index in [0.717, 1.165) is 37.8 Å². The second-order valence-electron chi connectivity index (χ2n) is 7.44. The smallest absolute Gasteiger partial charge is 0.227 e. The van der Waals surface area contributed by atoms with Crippen molar-refractivity contribution >= 4 is 11.8 Å². The van der Waals surface area contributed by atoms with E-state index in [1.165, 1.54) is 42.8 Å². The SMILES string of the molecule is CN(C)c1nc2c(c(N3C[C@H](C4CC4)[C@@H](N)C3)n1)CCCC2. The minimum Gasteiger partial charge on any atom is -0.354 e. The molecule has 1 aliphatic heterocycles. The van der Waals surface area contributed by atoms with Crippen LogP contribution >= 0.6 is 0 Å². The fourth-order valence-corrected chi connectivity index (χ4v) is 4.07. The van der Waals surface area contributed by atoms with Crippen molar-refractivity contribution in [3.05, 3.63) is 11.3 Å². The summed E-state index contributed by atoms with van der Waals surface area (Å²) in [5, 5.41) is 0. The Hall–Kier alpha value is -1.36. The van der Waals surface area contributed by atoms with Crippen LogP contribution in [0.15, 0.2) is 0 Å². The van der Waals surface area contributed by atoms with Crippen molar-refractivity contribution in [1.29, 1.82) is 0 Å². The molecule has 5 nitrogen and oxygen atoms in total. The van der Waals surface area contributed by atoms with E-state index >= 15 is 0 Å². The van der Waals surface area contributed by atoms with Crippen LogP contribution in [-0.4, -0.2) is 43.2 Å². The summed E-state index contributed by atoms with van der Waals surface area (Å²) in [7, 11) is 4.05. The predicted octanol–water partition coefficient (Wildman–Crippen LogP) is 1.59. The lowest BCUT2D eigenvalue weighted by atomic mass is 9.96. The Balaban J connectivity index is 1.69. The Labute approximate surface area is 132 Å². The molecule has 1 saturated carbocycles. The zero-order chi connectivity index (χ0) is 15.3. The molecule has 1 saturated heterocycles. The largest absolute Gasteiger partial charge is 0.354 e. The lowest BCUT2D eigenvalue weighted by Gasteiger charge is -2.26. The molecule has 2 heterocycles. The van der Waals surface area contributed by atoms with Crippen LogP contribution in [0.25, 0.3) is 0 Å². The van der Waals surface area contributed by atoms with Crippen molar-refractivity contribution in [2.45, 2.75) is 44.6 Å². The van der Waals surface area contributed by atoms with Crippen molar-refractivity contribution in [1.82, 2.24) is 9.97 Å². The van der Waals surface area contributed by atoms with Crippen molar-refractivity contribution in [2.24, 2.45) is 17.6 Å². The highest BCUT2D eigenvalue weighted by Crippen LogP contribution is 2.42. The lowest BCUT2D eigenvalue weighted by molar-refractivity contribution is 0.456. The molecule has 2 fully saturated rings. The summed E-state index contributed by atoms with van der Waals surface area (Å²) in [6.07, 6.45) is 7.47. The number of nitrogens with zero attached hydrogens (tertiary/aromatic N) is 4. The van der Waals surface area contributed by atoms with Crippen molar-refractivity contribution < 1.29 is 0 Å². The molecule has 4 rings (SSSR count). The number of hydrogen-bond acceptors (Lipinski definition) is 5. The third-order valence-electron chi connectivity index (χ3n) is 5.49. The van der Waals surface area contributed by atoms with Gasteiger partial charge >= 0.3 is 0 Å². The lowest BCUT2D eigenvalue weighted by Crippen LogP contribution is -2.31. The van der Waals surface area contributed by atoms with Gasteiger partial charge in [0.1, 0.15) is 5.82 Å². The molecule has 2 aliphatic carbocycles. The Kier molecular flexibility index (Phi) is 3.48. The molecule has 0 amide bonds. The van der Waals surface area contributed by atoms with E-state index in [1.807, 2.05) is 19.0 Å². The summed E-state index contributed by atoms with van der Waals surface area (Å²) in [6, 6.07) is 0.310.